The minimum absolute atomic E-state index is 0.352. The molecule has 13 aromatic rings. The van der Waals surface area contributed by atoms with Crippen molar-refractivity contribution >= 4 is 111 Å². The molecule has 332 valence electrons. The first-order valence-electron chi connectivity index (χ1n) is 24.0. The van der Waals surface area contributed by atoms with Gasteiger partial charge in [0.1, 0.15) is 22.3 Å². The molecule has 0 unspecified atom stereocenters. The van der Waals surface area contributed by atoms with Crippen LogP contribution in [0.1, 0.15) is 50.7 Å². The Morgan fingerprint density at radius 3 is 1.36 bits per heavy atom. The van der Waals surface area contributed by atoms with Gasteiger partial charge in [-0.05, 0) is 143 Å². The molecule has 0 aliphatic carbocycles. The van der Waals surface area contributed by atoms with Crippen LogP contribution in [0.15, 0.2) is 221 Å². The Morgan fingerprint density at radius 2 is 0.812 bits per heavy atom. The first-order valence-corrected chi connectivity index (χ1v) is 24.0. The summed E-state index contributed by atoms with van der Waals surface area (Å²) in [6.45, 7) is 8.90. The zero-order valence-electron chi connectivity index (χ0n) is 39.0. The van der Waals surface area contributed by atoms with Crippen LogP contribution in [0.4, 0.5) is 34.1 Å². The molecule has 3 aromatic heterocycles. The van der Waals surface area contributed by atoms with Crippen LogP contribution in [-0.4, -0.2) is 4.57 Å². The van der Waals surface area contributed by atoms with E-state index in [1.54, 1.807) is 0 Å². The molecule has 0 N–H and O–H groups in total. The molecule has 5 heteroatoms. The van der Waals surface area contributed by atoms with Gasteiger partial charge in [0.15, 0.2) is 0 Å². The molecule has 69 heavy (non-hydrogen) atoms. The first kappa shape index (κ1) is 40.7. The van der Waals surface area contributed by atoms with Gasteiger partial charge in [-0.1, -0.05) is 131 Å². The van der Waals surface area contributed by atoms with Crippen LogP contribution in [0.3, 0.4) is 0 Å². The Labute approximate surface area is 400 Å². The van der Waals surface area contributed by atoms with Crippen LogP contribution in [0, 0.1) is 0 Å². The minimum atomic E-state index is 0.352. The van der Waals surface area contributed by atoms with Gasteiger partial charge in [0.05, 0.1) is 11.0 Å². The number of anilines is 6. The van der Waals surface area contributed by atoms with Gasteiger partial charge in [-0.25, -0.2) is 0 Å². The molecule has 0 radical (unpaired) electrons. The monoisotopic (exact) mass is 891 g/mol. The van der Waals surface area contributed by atoms with Gasteiger partial charge in [-0.3, -0.25) is 0 Å². The van der Waals surface area contributed by atoms with E-state index >= 15 is 0 Å². The summed E-state index contributed by atoms with van der Waals surface area (Å²) in [7, 11) is 0. The summed E-state index contributed by atoms with van der Waals surface area (Å²) in [5, 5.41) is 9.24. The van der Waals surface area contributed by atoms with Gasteiger partial charge in [0, 0.05) is 72.1 Å². The third-order valence-electron chi connectivity index (χ3n) is 14.0. The van der Waals surface area contributed by atoms with Crippen molar-refractivity contribution in [2.24, 2.45) is 0 Å². The molecule has 0 fully saturated rings. The van der Waals surface area contributed by atoms with E-state index in [1.807, 2.05) is 0 Å². The number of nitrogens with zero attached hydrogens (tertiary/aromatic N) is 3. The molecular formula is C64H49N3O2. The van der Waals surface area contributed by atoms with Gasteiger partial charge >= 0.3 is 0 Å². The first-order chi connectivity index (χ1) is 33.9. The molecular weight excluding hydrogens is 843 g/mol. The number of hydrogen-bond acceptors (Lipinski definition) is 4. The molecule has 0 saturated heterocycles. The molecule has 3 heterocycles. The molecule has 0 atom stereocenters. The van der Waals surface area contributed by atoms with E-state index in [2.05, 4.69) is 254 Å². The van der Waals surface area contributed by atoms with Crippen molar-refractivity contribution in [2.45, 2.75) is 39.5 Å². The second-order valence-electron chi connectivity index (χ2n) is 18.9. The number of aromatic nitrogens is 1. The molecule has 13 rings (SSSR count). The number of hydrogen-bond donors (Lipinski definition) is 0. The lowest BCUT2D eigenvalue weighted by Crippen LogP contribution is -2.10. The average Bonchev–Trinajstić information content (AvgIpc) is 4.05. The zero-order valence-corrected chi connectivity index (χ0v) is 39.0. The van der Waals surface area contributed by atoms with Crippen LogP contribution in [0.5, 0.6) is 0 Å². The Kier molecular flexibility index (Phi) is 9.48. The largest absolute Gasteiger partial charge is 0.456 e. The van der Waals surface area contributed by atoms with E-state index in [9.17, 15) is 0 Å². The Hall–Kier alpha value is -8.54. The highest BCUT2D eigenvalue weighted by Gasteiger charge is 2.22. The van der Waals surface area contributed by atoms with Crippen molar-refractivity contribution in [2.75, 3.05) is 9.80 Å². The Morgan fingerprint density at radius 1 is 0.333 bits per heavy atom. The molecule has 0 aliphatic heterocycles. The number of fused-ring (bicyclic) bond motifs is 10. The van der Waals surface area contributed by atoms with Crippen LogP contribution in [0.25, 0.3) is 82.1 Å². The van der Waals surface area contributed by atoms with E-state index in [1.165, 1.54) is 27.3 Å². The predicted molar refractivity (Wildman–Crippen MR) is 290 cm³/mol. The fourth-order valence-corrected chi connectivity index (χ4v) is 10.7. The van der Waals surface area contributed by atoms with Gasteiger partial charge in [0.2, 0.25) is 0 Å². The highest BCUT2D eigenvalue weighted by molar-refractivity contribution is 6.15. The predicted octanol–water partition coefficient (Wildman–Crippen LogP) is 18.9. The minimum Gasteiger partial charge on any atom is -0.456 e. The quantitative estimate of drug-likeness (QED) is 0.145. The smallest absolute Gasteiger partial charge is 0.138 e. The van der Waals surface area contributed by atoms with Gasteiger partial charge < -0.3 is 23.2 Å². The maximum Gasteiger partial charge on any atom is 0.138 e. The molecule has 0 spiro atoms. The third-order valence-corrected chi connectivity index (χ3v) is 14.0. The van der Waals surface area contributed by atoms with Crippen molar-refractivity contribution in [1.82, 2.24) is 4.57 Å². The van der Waals surface area contributed by atoms with Crippen molar-refractivity contribution < 1.29 is 8.83 Å². The molecule has 5 nitrogen and oxygen atoms in total. The number of furan rings is 2. The summed E-state index contributed by atoms with van der Waals surface area (Å²) in [6, 6.07) is 76.9. The summed E-state index contributed by atoms with van der Waals surface area (Å²) in [6.07, 6.45) is 0. The normalized spacial score (nSPS) is 12.0. The Balaban J connectivity index is 0.988. The number of benzene rings is 10. The summed E-state index contributed by atoms with van der Waals surface area (Å²) < 4.78 is 15.5. The number of para-hydroxylation sites is 5. The lowest BCUT2D eigenvalue weighted by atomic mass is 10.00. The lowest BCUT2D eigenvalue weighted by Gasteiger charge is -2.26. The topological polar surface area (TPSA) is 37.7 Å². The van der Waals surface area contributed by atoms with Crippen LogP contribution < -0.4 is 9.80 Å². The van der Waals surface area contributed by atoms with Crippen molar-refractivity contribution in [1.29, 1.82) is 0 Å². The number of rotatable bonds is 9. The van der Waals surface area contributed by atoms with Crippen molar-refractivity contribution in [3.63, 3.8) is 0 Å². The lowest BCUT2D eigenvalue weighted by molar-refractivity contribution is 0.656. The summed E-state index contributed by atoms with van der Waals surface area (Å²) in [5.41, 5.74) is 16.0. The summed E-state index contributed by atoms with van der Waals surface area (Å²) in [4.78, 5) is 4.73. The van der Waals surface area contributed by atoms with Crippen LogP contribution in [0.2, 0.25) is 0 Å². The highest BCUT2D eigenvalue weighted by atomic mass is 16.3. The zero-order chi connectivity index (χ0) is 46.3. The summed E-state index contributed by atoms with van der Waals surface area (Å²) >= 11 is 0. The average molecular weight is 892 g/mol. The van der Waals surface area contributed by atoms with E-state index < -0.39 is 0 Å². The molecule has 0 saturated carbocycles. The van der Waals surface area contributed by atoms with Crippen molar-refractivity contribution in [3.8, 4) is 5.69 Å². The maximum absolute atomic E-state index is 6.55. The molecule has 0 aliphatic rings. The Bertz CT molecular complexity index is 4090. The molecule has 0 amide bonds. The van der Waals surface area contributed by atoms with Gasteiger partial charge in [-0.15, -0.1) is 0 Å². The standard InChI is InChI=1S/C64H49N3O2/c1-40(2)51-22-14-24-54-57-37-48(29-32-61(57)68-63(51)54)65(44-16-8-5-9-17-44)47-27-26-42-35-56-53-31-28-50(39-60(53)67(46-20-12-7-13-21-46)59(56)36-43(42)34-47)66(45-18-10-6-11-19-45)49-30-33-62-58(38-49)55-25-15-23-52(41(3)4)64(55)69-62/h5-41H,1-4H3. The van der Waals surface area contributed by atoms with E-state index in [4.69, 9.17) is 8.83 Å². The van der Waals surface area contributed by atoms with Crippen molar-refractivity contribution in [3.05, 3.63) is 223 Å². The van der Waals surface area contributed by atoms with Gasteiger partial charge in [-0.2, -0.15) is 0 Å². The van der Waals surface area contributed by atoms with Crippen LogP contribution >= 0.6 is 0 Å². The van der Waals surface area contributed by atoms with Gasteiger partial charge in [0.25, 0.3) is 0 Å². The van der Waals surface area contributed by atoms with E-state index in [0.29, 0.717) is 11.8 Å². The third kappa shape index (κ3) is 6.68. The summed E-state index contributed by atoms with van der Waals surface area (Å²) in [5.74, 6) is 0.707. The SMILES string of the molecule is CC(C)c1cccc2c1oc1ccc(N(c3ccccc3)c3ccc4cc5c6ccc(N(c7ccccc7)c7ccc8oc9c(C(C)C)cccc9c8c7)cc6n(-c6ccccc6)c5cc4c3)cc12. The molecule has 0 bridgehead atoms. The maximum atomic E-state index is 6.55. The van der Waals surface area contributed by atoms with E-state index in [-0.39, 0.29) is 0 Å². The second kappa shape index (κ2) is 16.1. The fraction of sp³-hybridized carbons (Fsp3) is 0.0938. The highest BCUT2D eigenvalue weighted by Crippen LogP contribution is 2.45. The molecule has 10 aromatic carbocycles. The second-order valence-corrected chi connectivity index (χ2v) is 18.9. The fourth-order valence-electron chi connectivity index (χ4n) is 10.7. The van der Waals surface area contributed by atoms with Crippen LogP contribution in [-0.2, 0) is 0 Å². The van der Waals surface area contributed by atoms with E-state index in [0.717, 1.165) is 100 Å².